The molecule has 90 valence electrons. The van der Waals surface area contributed by atoms with Crippen molar-refractivity contribution in [2.24, 2.45) is 0 Å². The number of halogens is 4. The van der Waals surface area contributed by atoms with Gasteiger partial charge in [0.2, 0.25) is 0 Å². The van der Waals surface area contributed by atoms with Gasteiger partial charge in [-0.2, -0.15) is 0 Å². The predicted octanol–water partition coefficient (Wildman–Crippen LogP) is 6.50. The van der Waals surface area contributed by atoms with Crippen LogP contribution in [0.5, 0.6) is 0 Å². The molecule has 0 saturated heterocycles. The molecule has 17 heavy (non-hydrogen) atoms. The van der Waals surface area contributed by atoms with Crippen LogP contribution in [0.25, 0.3) is 0 Å². The molecule has 0 aliphatic rings. The van der Waals surface area contributed by atoms with Crippen molar-refractivity contribution < 1.29 is 0 Å². The lowest BCUT2D eigenvalue weighted by atomic mass is 10.1. The first-order valence-corrected chi connectivity index (χ1v) is 7.70. The van der Waals surface area contributed by atoms with Crippen LogP contribution in [0.1, 0.15) is 20.8 Å². The van der Waals surface area contributed by atoms with Gasteiger partial charge in [-0.05, 0) is 36.2 Å². The Bertz CT molecular complexity index is 531. The first-order chi connectivity index (χ1) is 7.99. The van der Waals surface area contributed by atoms with Crippen molar-refractivity contribution in [1.82, 2.24) is 0 Å². The maximum Gasteiger partial charge on any atom is 0.0960 e. The summed E-state index contributed by atoms with van der Waals surface area (Å²) in [5.41, 5.74) is 2.16. The second-order valence-corrected chi connectivity index (χ2v) is 7.06. The Kier molecular flexibility index (Phi) is 4.43. The maximum atomic E-state index is 6.07. The Morgan fingerprint density at radius 1 is 1.12 bits per heavy atom. The highest BCUT2D eigenvalue weighted by atomic mass is 79.9. The van der Waals surface area contributed by atoms with E-state index in [2.05, 4.69) is 22.0 Å². The van der Waals surface area contributed by atoms with Gasteiger partial charge in [0.05, 0.1) is 19.2 Å². The zero-order chi connectivity index (χ0) is 12.6. The Labute approximate surface area is 128 Å². The molecule has 0 saturated carbocycles. The SMILES string of the molecule is Cc1cc(C(Br)c2ccc(Cl)c(Cl)c2)sc1Cl. The molecular formula is C12H8BrCl3S. The smallest absolute Gasteiger partial charge is 0.0960 e. The summed E-state index contributed by atoms with van der Waals surface area (Å²) in [6, 6.07) is 7.70. The first kappa shape index (κ1) is 13.7. The Morgan fingerprint density at radius 3 is 2.35 bits per heavy atom. The summed E-state index contributed by atoms with van der Waals surface area (Å²) >= 11 is 23.2. The van der Waals surface area contributed by atoms with Crippen LogP contribution in [0.15, 0.2) is 24.3 Å². The van der Waals surface area contributed by atoms with Gasteiger partial charge in [0, 0.05) is 4.88 Å². The number of benzene rings is 1. The molecule has 5 heteroatoms. The zero-order valence-electron chi connectivity index (χ0n) is 8.81. The van der Waals surface area contributed by atoms with Crippen LogP contribution in [0.3, 0.4) is 0 Å². The van der Waals surface area contributed by atoms with Crippen molar-refractivity contribution >= 4 is 62.1 Å². The second-order valence-electron chi connectivity index (χ2n) is 3.64. The third-order valence-electron chi connectivity index (χ3n) is 2.36. The van der Waals surface area contributed by atoms with Crippen molar-refractivity contribution in [1.29, 1.82) is 0 Å². The minimum absolute atomic E-state index is 0.0912. The van der Waals surface area contributed by atoms with Gasteiger partial charge in [0.1, 0.15) is 0 Å². The van der Waals surface area contributed by atoms with Gasteiger partial charge in [0.25, 0.3) is 0 Å². The molecular weight excluding hydrogens is 362 g/mol. The van der Waals surface area contributed by atoms with E-state index < -0.39 is 0 Å². The molecule has 0 N–H and O–H groups in total. The molecule has 0 spiro atoms. The van der Waals surface area contributed by atoms with Gasteiger partial charge in [-0.15, -0.1) is 11.3 Å². The van der Waals surface area contributed by atoms with Crippen LogP contribution >= 0.6 is 62.1 Å². The highest BCUT2D eigenvalue weighted by Crippen LogP contribution is 2.40. The number of alkyl halides is 1. The molecule has 0 aliphatic carbocycles. The minimum atomic E-state index is 0.0912. The predicted molar refractivity (Wildman–Crippen MR) is 81.3 cm³/mol. The van der Waals surface area contributed by atoms with Crippen LogP contribution in [0.4, 0.5) is 0 Å². The molecule has 1 aromatic heterocycles. The lowest BCUT2D eigenvalue weighted by Crippen LogP contribution is -1.89. The third kappa shape index (κ3) is 2.99. The van der Waals surface area contributed by atoms with Crippen LogP contribution in [-0.2, 0) is 0 Å². The highest BCUT2D eigenvalue weighted by molar-refractivity contribution is 9.09. The van der Waals surface area contributed by atoms with E-state index in [1.54, 1.807) is 17.4 Å². The summed E-state index contributed by atoms with van der Waals surface area (Å²) in [7, 11) is 0. The fraction of sp³-hybridized carbons (Fsp3) is 0.167. The molecule has 1 aromatic carbocycles. The number of rotatable bonds is 2. The summed E-state index contributed by atoms with van der Waals surface area (Å²) in [6.07, 6.45) is 0. The molecule has 1 heterocycles. The molecule has 2 rings (SSSR count). The van der Waals surface area contributed by atoms with Crippen LogP contribution in [0, 0.1) is 6.92 Å². The molecule has 1 unspecified atom stereocenters. The van der Waals surface area contributed by atoms with Crippen LogP contribution < -0.4 is 0 Å². The fourth-order valence-electron chi connectivity index (χ4n) is 1.44. The fourth-order valence-corrected chi connectivity index (χ4v) is 3.67. The van der Waals surface area contributed by atoms with E-state index in [0.717, 1.165) is 20.3 Å². The summed E-state index contributed by atoms with van der Waals surface area (Å²) in [5, 5.41) is 1.13. The Balaban J connectivity index is 2.36. The van der Waals surface area contributed by atoms with E-state index in [9.17, 15) is 0 Å². The lowest BCUT2D eigenvalue weighted by molar-refractivity contribution is 1.22. The van der Waals surface area contributed by atoms with Gasteiger partial charge in [-0.1, -0.05) is 56.8 Å². The standard InChI is InChI=1S/C12H8BrCl3S/c1-6-4-10(17-12(6)16)11(13)7-2-3-8(14)9(15)5-7/h2-5,11H,1H3. The number of aryl methyl sites for hydroxylation is 1. The van der Waals surface area contributed by atoms with E-state index in [-0.39, 0.29) is 4.83 Å². The van der Waals surface area contributed by atoms with E-state index in [1.165, 1.54) is 0 Å². The summed E-state index contributed by atoms with van der Waals surface area (Å²) < 4.78 is 0.824. The maximum absolute atomic E-state index is 6.07. The van der Waals surface area contributed by atoms with E-state index >= 15 is 0 Å². The van der Waals surface area contributed by atoms with Crippen LogP contribution in [0.2, 0.25) is 14.4 Å². The molecule has 0 nitrogen and oxygen atoms in total. The summed E-state index contributed by atoms with van der Waals surface area (Å²) in [6.45, 7) is 2.00. The normalized spacial score (nSPS) is 12.8. The Morgan fingerprint density at radius 2 is 1.82 bits per heavy atom. The molecule has 0 radical (unpaired) electrons. The summed E-state index contributed by atoms with van der Waals surface area (Å²) in [4.78, 5) is 1.25. The van der Waals surface area contributed by atoms with Gasteiger partial charge >= 0.3 is 0 Å². The third-order valence-corrected chi connectivity index (χ3v) is 6.05. The van der Waals surface area contributed by atoms with Crippen molar-refractivity contribution in [3.8, 4) is 0 Å². The van der Waals surface area contributed by atoms with E-state index in [0.29, 0.717) is 10.0 Å². The van der Waals surface area contributed by atoms with E-state index in [1.807, 2.05) is 19.1 Å². The highest BCUT2D eigenvalue weighted by Gasteiger charge is 2.15. The van der Waals surface area contributed by atoms with Crippen molar-refractivity contribution in [3.05, 3.63) is 54.7 Å². The van der Waals surface area contributed by atoms with Gasteiger partial charge in [-0.3, -0.25) is 0 Å². The Hall–Kier alpha value is 0.270. The van der Waals surface area contributed by atoms with Gasteiger partial charge < -0.3 is 0 Å². The average molecular weight is 371 g/mol. The van der Waals surface area contributed by atoms with Crippen molar-refractivity contribution in [2.45, 2.75) is 11.8 Å². The number of hydrogen-bond donors (Lipinski definition) is 0. The largest absolute Gasteiger partial charge is 0.127 e. The van der Waals surface area contributed by atoms with Crippen molar-refractivity contribution in [2.75, 3.05) is 0 Å². The lowest BCUT2D eigenvalue weighted by Gasteiger charge is -2.08. The average Bonchev–Trinajstić information content (AvgIpc) is 2.62. The number of thiophene rings is 1. The molecule has 0 amide bonds. The first-order valence-electron chi connectivity index (χ1n) is 4.84. The van der Waals surface area contributed by atoms with Gasteiger partial charge in [0.15, 0.2) is 0 Å². The van der Waals surface area contributed by atoms with Crippen molar-refractivity contribution in [3.63, 3.8) is 0 Å². The van der Waals surface area contributed by atoms with Gasteiger partial charge in [-0.25, -0.2) is 0 Å². The quantitative estimate of drug-likeness (QED) is 0.529. The molecule has 1 atom stereocenters. The minimum Gasteiger partial charge on any atom is -0.127 e. The monoisotopic (exact) mass is 368 g/mol. The molecule has 0 fully saturated rings. The topological polar surface area (TPSA) is 0 Å². The molecule has 2 aromatic rings. The second kappa shape index (κ2) is 5.50. The molecule has 0 aliphatic heterocycles. The molecule has 0 bridgehead atoms. The van der Waals surface area contributed by atoms with Crippen LogP contribution in [-0.4, -0.2) is 0 Å². The zero-order valence-corrected chi connectivity index (χ0v) is 13.5. The number of hydrogen-bond acceptors (Lipinski definition) is 1. The summed E-state index contributed by atoms with van der Waals surface area (Å²) in [5.74, 6) is 0. The van der Waals surface area contributed by atoms with E-state index in [4.69, 9.17) is 34.8 Å².